The third-order valence-electron chi connectivity index (χ3n) is 0.471. The molecular weight excluding hydrogens is 120 g/mol. The Balaban J connectivity index is 0. The van der Waals surface area contributed by atoms with E-state index in [-0.39, 0.29) is 5.48 Å². The Hall–Kier alpha value is -0.210. The van der Waals surface area contributed by atoms with Crippen LogP contribution in [0.3, 0.4) is 0 Å². The second-order valence-electron chi connectivity index (χ2n) is 1.11. The van der Waals surface area contributed by atoms with E-state index < -0.39 is 0 Å². The summed E-state index contributed by atoms with van der Waals surface area (Å²) in [6.07, 6.45) is 3.79. The monoisotopic (exact) mass is 132 g/mol. The average Bonchev–Trinajstić information content (AvgIpc) is 1.69. The summed E-state index contributed by atoms with van der Waals surface area (Å²) in [6.45, 7) is 7.15. The second-order valence-corrected chi connectivity index (χ2v) is 2.19. The summed E-state index contributed by atoms with van der Waals surface area (Å²) in [5, 5.41) is 0. The smallest absolute Gasteiger partial charge is 0.0113 e. The van der Waals surface area contributed by atoms with Gasteiger partial charge in [-0.25, -0.2) is 0 Å². The lowest BCUT2D eigenvalue weighted by Gasteiger charge is -1.85. The van der Waals surface area contributed by atoms with Crippen LogP contribution in [0.15, 0.2) is 25.3 Å². The van der Waals surface area contributed by atoms with Gasteiger partial charge in [-0.1, -0.05) is 12.2 Å². The lowest BCUT2D eigenvalue weighted by atomic mass is 10.8. The third kappa shape index (κ3) is 9.25. The lowest BCUT2D eigenvalue weighted by molar-refractivity contribution is 0.824. The van der Waals surface area contributed by atoms with Crippen LogP contribution in [0.5, 0.6) is 0 Å². The van der Waals surface area contributed by atoms with Gasteiger partial charge in [0.2, 0.25) is 0 Å². The van der Waals surface area contributed by atoms with E-state index >= 15 is 0 Å². The standard InChI is InChI=1S/C6H10S.H2O/c1-3-5-7-6-4-2;/h3-4H,1-2,5-6H2;1H2. The molecule has 0 spiro atoms. The van der Waals surface area contributed by atoms with Gasteiger partial charge in [0.05, 0.1) is 0 Å². The minimum absolute atomic E-state index is 0. The molecule has 0 aliphatic carbocycles. The van der Waals surface area contributed by atoms with Crippen LogP contribution in [0.1, 0.15) is 0 Å². The Morgan fingerprint density at radius 3 is 1.75 bits per heavy atom. The highest BCUT2D eigenvalue weighted by molar-refractivity contribution is 7.99. The Kier molecular flexibility index (Phi) is 13.3. The SMILES string of the molecule is C=CCSCC=C.O. The Bertz CT molecular complexity index is 53.5. The molecule has 0 radical (unpaired) electrons. The molecule has 2 N–H and O–H groups in total. The molecule has 8 heavy (non-hydrogen) atoms. The highest BCUT2D eigenvalue weighted by Crippen LogP contribution is 1.97. The maximum absolute atomic E-state index is 3.58. The van der Waals surface area contributed by atoms with E-state index in [1.54, 1.807) is 0 Å². The van der Waals surface area contributed by atoms with Gasteiger partial charge in [0.25, 0.3) is 0 Å². The largest absolute Gasteiger partial charge is 0.412 e. The van der Waals surface area contributed by atoms with Gasteiger partial charge in [0.1, 0.15) is 0 Å². The molecule has 0 saturated heterocycles. The molecule has 0 aromatic rings. The minimum atomic E-state index is 0. The summed E-state index contributed by atoms with van der Waals surface area (Å²) in [5.41, 5.74) is 0. The fourth-order valence-electron chi connectivity index (χ4n) is 0.235. The zero-order valence-corrected chi connectivity index (χ0v) is 5.71. The van der Waals surface area contributed by atoms with Crippen LogP contribution in [0.2, 0.25) is 0 Å². The van der Waals surface area contributed by atoms with Crippen molar-refractivity contribution in [3.63, 3.8) is 0 Å². The maximum atomic E-state index is 3.58. The molecule has 0 rings (SSSR count). The lowest BCUT2D eigenvalue weighted by Crippen LogP contribution is -1.69. The zero-order valence-electron chi connectivity index (χ0n) is 4.89. The highest BCUT2D eigenvalue weighted by atomic mass is 32.2. The van der Waals surface area contributed by atoms with E-state index in [4.69, 9.17) is 0 Å². The first-order valence-electron chi connectivity index (χ1n) is 2.21. The number of hydrogen-bond donors (Lipinski definition) is 0. The first-order valence-corrected chi connectivity index (χ1v) is 3.37. The average molecular weight is 132 g/mol. The van der Waals surface area contributed by atoms with Crippen molar-refractivity contribution in [3.8, 4) is 0 Å². The molecule has 0 aromatic carbocycles. The van der Waals surface area contributed by atoms with Crippen molar-refractivity contribution < 1.29 is 5.48 Å². The van der Waals surface area contributed by atoms with E-state index in [9.17, 15) is 0 Å². The highest BCUT2D eigenvalue weighted by Gasteiger charge is 1.73. The van der Waals surface area contributed by atoms with Crippen molar-refractivity contribution in [2.75, 3.05) is 11.5 Å². The zero-order chi connectivity index (χ0) is 5.54. The molecule has 0 saturated carbocycles. The molecule has 0 bridgehead atoms. The first-order chi connectivity index (χ1) is 3.41. The summed E-state index contributed by atoms with van der Waals surface area (Å²) in [4.78, 5) is 0. The van der Waals surface area contributed by atoms with Crippen molar-refractivity contribution in [1.29, 1.82) is 0 Å². The van der Waals surface area contributed by atoms with Gasteiger partial charge >= 0.3 is 0 Å². The van der Waals surface area contributed by atoms with Crippen molar-refractivity contribution in [2.24, 2.45) is 0 Å². The molecule has 0 atom stereocenters. The van der Waals surface area contributed by atoms with Crippen LogP contribution in [-0.4, -0.2) is 17.0 Å². The minimum Gasteiger partial charge on any atom is -0.412 e. The summed E-state index contributed by atoms with van der Waals surface area (Å²) in [5.74, 6) is 2.07. The van der Waals surface area contributed by atoms with Crippen LogP contribution in [0, 0.1) is 0 Å². The van der Waals surface area contributed by atoms with E-state index in [1.165, 1.54) is 0 Å². The van der Waals surface area contributed by atoms with E-state index in [2.05, 4.69) is 13.2 Å². The quantitative estimate of drug-likeness (QED) is 0.418. The first kappa shape index (κ1) is 10.7. The van der Waals surface area contributed by atoms with Crippen LogP contribution >= 0.6 is 11.8 Å². The number of rotatable bonds is 4. The molecule has 0 fully saturated rings. The van der Waals surface area contributed by atoms with Crippen LogP contribution in [0.25, 0.3) is 0 Å². The summed E-state index contributed by atoms with van der Waals surface area (Å²) in [7, 11) is 0. The van der Waals surface area contributed by atoms with Gasteiger partial charge in [0.15, 0.2) is 0 Å². The third-order valence-corrected chi connectivity index (χ3v) is 1.41. The predicted molar refractivity (Wildman–Crippen MR) is 41.3 cm³/mol. The predicted octanol–water partition coefficient (Wildman–Crippen LogP) is 1.27. The van der Waals surface area contributed by atoms with E-state index in [0.29, 0.717) is 0 Å². The van der Waals surface area contributed by atoms with Crippen LogP contribution < -0.4 is 0 Å². The Labute approximate surface area is 54.8 Å². The van der Waals surface area contributed by atoms with Gasteiger partial charge in [0, 0.05) is 11.5 Å². The molecule has 0 heterocycles. The normalized spacial score (nSPS) is 7.00. The van der Waals surface area contributed by atoms with Crippen molar-refractivity contribution in [3.05, 3.63) is 25.3 Å². The van der Waals surface area contributed by atoms with E-state index in [1.807, 2.05) is 23.9 Å². The van der Waals surface area contributed by atoms with Gasteiger partial charge in [-0.15, -0.1) is 13.2 Å². The molecule has 0 amide bonds. The van der Waals surface area contributed by atoms with Crippen molar-refractivity contribution >= 4 is 11.8 Å². The molecule has 48 valence electrons. The van der Waals surface area contributed by atoms with Crippen LogP contribution in [-0.2, 0) is 0 Å². The van der Waals surface area contributed by atoms with E-state index in [0.717, 1.165) is 11.5 Å². The molecule has 0 aliphatic heterocycles. The molecule has 1 nitrogen and oxygen atoms in total. The van der Waals surface area contributed by atoms with Gasteiger partial charge in [-0.2, -0.15) is 11.8 Å². The summed E-state index contributed by atoms with van der Waals surface area (Å²) < 4.78 is 0. The van der Waals surface area contributed by atoms with Crippen LogP contribution in [0.4, 0.5) is 0 Å². The number of hydrogen-bond acceptors (Lipinski definition) is 1. The fourth-order valence-corrected chi connectivity index (χ4v) is 0.704. The Morgan fingerprint density at radius 2 is 1.50 bits per heavy atom. The molecule has 0 unspecified atom stereocenters. The Morgan fingerprint density at radius 1 is 1.12 bits per heavy atom. The topological polar surface area (TPSA) is 31.5 Å². The second kappa shape index (κ2) is 9.92. The summed E-state index contributed by atoms with van der Waals surface area (Å²) in [6, 6.07) is 0. The molecule has 0 aromatic heterocycles. The van der Waals surface area contributed by atoms with Crippen molar-refractivity contribution in [1.82, 2.24) is 0 Å². The molecule has 0 aliphatic rings. The summed E-state index contributed by atoms with van der Waals surface area (Å²) >= 11 is 1.82. The molecule has 2 heteroatoms. The van der Waals surface area contributed by atoms with Gasteiger partial charge in [-0.05, 0) is 0 Å². The van der Waals surface area contributed by atoms with Gasteiger partial charge in [-0.3, -0.25) is 0 Å². The van der Waals surface area contributed by atoms with Gasteiger partial charge < -0.3 is 5.48 Å². The number of thioether (sulfide) groups is 1. The van der Waals surface area contributed by atoms with Crippen molar-refractivity contribution in [2.45, 2.75) is 0 Å². The fraction of sp³-hybridized carbons (Fsp3) is 0.333. The molecular formula is C6H12OS. The maximum Gasteiger partial charge on any atom is 0.0113 e.